The SMILES string of the molecule is NC(COS(=O)[O-])CC(CO)(CO)CO. The summed E-state index contributed by atoms with van der Waals surface area (Å²) in [6, 6.07) is -0.686. The molecule has 15 heavy (non-hydrogen) atoms. The molecule has 0 saturated carbocycles. The highest BCUT2D eigenvalue weighted by molar-refractivity contribution is 7.74. The Hall–Kier alpha value is -0.0900. The summed E-state index contributed by atoms with van der Waals surface area (Å²) in [6.45, 7) is -1.56. The summed E-state index contributed by atoms with van der Waals surface area (Å²) in [4.78, 5) is 0. The van der Waals surface area contributed by atoms with Gasteiger partial charge in [-0.3, -0.25) is 4.18 Å². The molecule has 0 aliphatic heterocycles. The van der Waals surface area contributed by atoms with E-state index < -0.39 is 42.6 Å². The van der Waals surface area contributed by atoms with Gasteiger partial charge in [0.2, 0.25) is 0 Å². The lowest BCUT2D eigenvalue weighted by Gasteiger charge is -2.30. The molecular weight excluding hydrogens is 226 g/mol. The topological polar surface area (TPSA) is 136 Å². The molecular formula is C7H16NO6S-. The first-order valence-corrected chi connectivity index (χ1v) is 5.30. The molecule has 0 aromatic carbocycles. The van der Waals surface area contributed by atoms with E-state index >= 15 is 0 Å². The summed E-state index contributed by atoms with van der Waals surface area (Å²) in [6.07, 6.45) is 0.0632. The fraction of sp³-hybridized carbons (Fsp3) is 1.00. The van der Waals surface area contributed by atoms with Crippen molar-refractivity contribution in [1.82, 2.24) is 0 Å². The third kappa shape index (κ3) is 5.52. The second-order valence-corrected chi connectivity index (χ2v) is 4.07. The molecule has 0 saturated heterocycles. The zero-order chi connectivity index (χ0) is 11.9. The quantitative estimate of drug-likeness (QED) is 0.345. The fourth-order valence-electron chi connectivity index (χ4n) is 1.10. The Morgan fingerprint density at radius 3 is 2.13 bits per heavy atom. The van der Waals surface area contributed by atoms with E-state index in [9.17, 15) is 8.76 Å². The minimum absolute atomic E-state index is 0.0632. The van der Waals surface area contributed by atoms with Gasteiger partial charge in [0.15, 0.2) is 0 Å². The van der Waals surface area contributed by atoms with E-state index in [2.05, 4.69) is 4.18 Å². The first-order valence-electron chi connectivity index (χ1n) is 4.30. The van der Waals surface area contributed by atoms with Gasteiger partial charge in [-0.25, -0.2) is 4.21 Å². The zero-order valence-electron chi connectivity index (χ0n) is 8.16. The molecule has 2 unspecified atom stereocenters. The number of aliphatic hydroxyl groups is 3. The highest BCUT2D eigenvalue weighted by Crippen LogP contribution is 2.21. The van der Waals surface area contributed by atoms with Crippen LogP contribution in [0.25, 0.3) is 0 Å². The van der Waals surface area contributed by atoms with E-state index in [4.69, 9.17) is 21.1 Å². The maximum atomic E-state index is 10.1. The van der Waals surface area contributed by atoms with Gasteiger partial charge >= 0.3 is 0 Å². The lowest BCUT2D eigenvalue weighted by atomic mass is 9.84. The van der Waals surface area contributed by atoms with Crippen LogP contribution in [-0.4, -0.2) is 56.6 Å². The summed E-state index contributed by atoms with van der Waals surface area (Å²) >= 11 is -2.64. The Morgan fingerprint density at radius 2 is 1.80 bits per heavy atom. The first-order chi connectivity index (χ1) is 6.99. The van der Waals surface area contributed by atoms with Crippen LogP contribution in [0, 0.1) is 5.41 Å². The summed E-state index contributed by atoms with van der Waals surface area (Å²) in [7, 11) is 0. The van der Waals surface area contributed by atoms with Crippen molar-refractivity contribution in [2.24, 2.45) is 11.1 Å². The molecule has 0 fully saturated rings. The second kappa shape index (κ2) is 7.23. The molecule has 7 nitrogen and oxygen atoms in total. The van der Waals surface area contributed by atoms with Crippen LogP contribution in [0.5, 0.6) is 0 Å². The van der Waals surface area contributed by atoms with Crippen LogP contribution in [-0.2, 0) is 15.5 Å². The maximum absolute atomic E-state index is 10.1. The van der Waals surface area contributed by atoms with Gasteiger partial charge in [0.05, 0.1) is 37.8 Å². The van der Waals surface area contributed by atoms with Gasteiger partial charge in [0, 0.05) is 11.5 Å². The molecule has 0 rings (SSSR count). The van der Waals surface area contributed by atoms with Crippen LogP contribution in [0.15, 0.2) is 0 Å². The van der Waals surface area contributed by atoms with Crippen LogP contribution in [0.4, 0.5) is 0 Å². The Balaban J connectivity index is 4.10. The largest absolute Gasteiger partial charge is 0.750 e. The van der Waals surface area contributed by atoms with Crippen molar-refractivity contribution in [2.75, 3.05) is 26.4 Å². The van der Waals surface area contributed by atoms with Crippen LogP contribution >= 0.6 is 0 Å². The van der Waals surface area contributed by atoms with E-state index in [-0.39, 0.29) is 13.0 Å². The predicted octanol–water partition coefficient (Wildman–Crippen LogP) is -2.52. The van der Waals surface area contributed by atoms with Crippen LogP contribution in [0.2, 0.25) is 0 Å². The van der Waals surface area contributed by atoms with Gasteiger partial charge in [0.1, 0.15) is 0 Å². The smallest absolute Gasteiger partial charge is 0.0842 e. The van der Waals surface area contributed by atoms with E-state index in [1.807, 2.05) is 0 Å². The molecule has 92 valence electrons. The van der Waals surface area contributed by atoms with E-state index in [0.29, 0.717) is 0 Å². The Bertz CT molecular complexity index is 190. The number of nitrogens with two attached hydrogens (primary N) is 1. The molecule has 0 bridgehead atoms. The summed E-state index contributed by atoms with van der Waals surface area (Å²) in [5.74, 6) is 0. The monoisotopic (exact) mass is 242 g/mol. The Labute approximate surface area is 90.4 Å². The molecule has 5 N–H and O–H groups in total. The highest BCUT2D eigenvalue weighted by atomic mass is 32.2. The third-order valence-electron chi connectivity index (χ3n) is 2.08. The number of hydrogen-bond acceptors (Lipinski definition) is 7. The lowest BCUT2D eigenvalue weighted by molar-refractivity contribution is -0.00772. The number of aliphatic hydroxyl groups excluding tert-OH is 3. The predicted molar refractivity (Wildman–Crippen MR) is 51.2 cm³/mol. The van der Waals surface area contributed by atoms with E-state index in [1.54, 1.807) is 0 Å². The van der Waals surface area contributed by atoms with Gasteiger partial charge < -0.3 is 25.6 Å². The number of rotatable bonds is 8. The third-order valence-corrected chi connectivity index (χ3v) is 2.41. The van der Waals surface area contributed by atoms with Crippen molar-refractivity contribution >= 4 is 11.4 Å². The van der Waals surface area contributed by atoms with Gasteiger partial charge in [-0.15, -0.1) is 0 Å². The molecule has 0 aromatic heterocycles. The molecule has 8 heteroatoms. The normalized spacial score (nSPS) is 16.3. The van der Waals surface area contributed by atoms with Crippen molar-refractivity contribution < 1.29 is 28.3 Å². The molecule has 0 aliphatic carbocycles. The van der Waals surface area contributed by atoms with Gasteiger partial charge in [-0.05, 0) is 6.42 Å². The van der Waals surface area contributed by atoms with Gasteiger partial charge in [-0.2, -0.15) is 0 Å². The van der Waals surface area contributed by atoms with E-state index in [1.165, 1.54) is 0 Å². The van der Waals surface area contributed by atoms with Crippen LogP contribution in [0.3, 0.4) is 0 Å². The molecule has 2 atom stereocenters. The average molecular weight is 242 g/mol. The minimum Gasteiger partial charge on any atom is -0.750 e. The Morgan fingerprint density at radius 1 is 1.33 bits per heavy atom. The van der Waals surface area contributed by atoms with Crippen molar-refractivity contribution in [2.45, 2.75) is 12.5 Å². The molecule has 0 spiro atoms. The molecule has 0 radical (unpaired) electrons. The molecule has 0 amide bonds. The molecule has 0 aliphatic rings. The van der Waals surface area contributed by atoms with Crippen molar-refractivity contribution in [3.8, 4) is 0 Å². The Kier molecular flexibility index (Phi) is 7.18. The standard InChI is InChI=1S/C7H17NO6S/c8-6(2-14-15(12)13)1-7(3-9,4-10)5-11/h6,9-11H,1-5,8H2,(H,12,13)/p-1. The van der Waals surface area contributed by atoms with Crippen molar-refractivity contribution in [3.05, 3.63) is 0 Å². The maximum Gasteiger partial charge on any atom is 0.0842 e. The fourth-order valence-corrected chi connectivity index (χ4v) is 1.39. The molecule has 0 heterocycles. The highest BCUT2D eigenvalue weighted by Gasteiger charge is 2.30. The van der Waals surface area contributed by atoms with Crippen LogP contribution < -0.4 is 5.73 Å². The summed E-state index contributed by atoms with van der Waals surface area (Å²) < 4.78 is 24.3. The lowest BCUT2D eigenvalue weighted by Crippen LogP contribution is -2.42. The first kappa shape index (κ1) is 14.9. The second-order valence-electron chi connectivity index (χ2n) is 3.43. The summed E-state index contributed by atoms with van der Waals surface area (Å²) in [5, 5.41) is 26.9. The average Bonchev–Trinajstić information content (AvgIpc) is 2.23. The van der Waals surface area contributed by atoms with Crippen LogP contribution in [0.1, 0.15) is 6.42 Å². The number of hydrogen-bond donors (Lipinski definition) is 4. The van der Waals surface area contributed by atoms with Gasteiger partial charge in [0.25, 0.3) is 0 Å². The summed E-state index contributed by atoms with van der Waals surface area (Å²) in [5.41, 5.74) is 4.40. The van der Waals surface area contributed by atoms with Gasteiger partial charge in [-0.1, -0.05) is 0 Å². The minimum atomic E-state index is -2.64. The van der Waals surface area contributed by atoms with Crippen molar-refractivity contribution in [3.63, 3.8) is 0 Å². The zero-order valence-corrected chi connectivity index (χ0v) is 8.98. The molecule has 0 aromatic rings. The van der Waals surface area contributed by atoms with E-state index in [0.717, 1.165) is 0 Å². The van der Waals surface area contributed by atoms with Crippen molar-refractivity contribution in [1.29, 1.82) is 0 Å².